The number of aromatic nitrogens is 1. The average Bonchev–Trinajstić information content (AvgIpc) is 3.22. The molecule has 0 unspecified atom stereocenters. The highest BCUT2D eigenvalue weighted by molar-refractivity contribution is 5.85. The number of oxazole rings is 1. The van der Waals surface area contributed by atoms with Crippen molar-refractivity contribution < 1.29 is 27.8 Å². The lowest BCUT2D eigenvalue weighted by Crippen LogP contribution is -2.47. The molecule has 3 rings (SSSR count). The summed E-state index contributed by atoms with van der Waals surface area (Å²) in [5.74, 6) is 0.233. The zero-order chi connectivity index (χ0) is 21.1. The van der Waals surface area contributed by atoms with Crippen LogP contribution in [0, 0.1) is 0 Å². The molecule has 2 aromatic carbocycles. The number of aryl methyl sites for hydroxylation is 1. The fraction of sp³-hybridized carbons (Fsp3) is 0.286. The lowest BCUT2D eigenvalue weighted by Gasteiger charge is -2.24. The van der Waals surface area contributed by atoms with Gasteiger partial charge in [0, 0.05) is 11.1 Å². The van der Waals surface area contributed by atoms with E-state index in [2.05, 4.69) is 4.98 Å². The van der Waals surface area contributed by atoms with Crippen LogP contribution in [0.25, 0.3) is 22.7 Å². The van der Waals surface area contributed by atoms with Crippen molar-refractivity contribution in [2.75, 3.05) is 13.2 Å². The highest BCUT2D eigenvalue weighted by Gasteiger charge is 2.30. The van der Waals surface area contributed by atoms with Crippen molar-refractivity contribution in [1.82, 2.24) is 4.98 Å². The third kappa shape index (κ3) is 5.60. The lowest BCUT2D eigenvalue weighted by atomic mass is 9.93. The fourth-order valence-corrected chi connectivity index (χ4v) is 2.78. The maximum Gasteiger partial charge on any atom is 0.416 e. The first-order valence-corrected chi connectivity index (χ1v) is 8.97. The fourth-order valence-electron chi connectivity index (χ4n) is 2.78. The molecule has 9 heteroatoms. The SMILES string of the molecule is Cl.NC(CO)(CO)CCc1ccc(-c2coc(-c3ccc(C(F)(F)F)cc3)n2)cc1. The Morgan fingerprint density at radius 1 is 0.900 bits per heavy atom. The van der Waals surface area contributed by atoms with Crippen LogP contribution in [0.3, 0.4) is 0 Å². The Balaban J connectivity index is 0.00000320. The van der Waals surface area contributed by atoms with Gasteiger partial charge in [-0.25, -0.2) is 4.98 Å². The molecule has 1 aromatic heterocycles. The lowest BCUT2D eigenvalue weighted by molar-refractivity contribution is -0.137. The number of hydrogen-bond acceptors (Lipinski definition) is 5. The van der Waals surface area contributed by atoms with Crippen LogP contribution in [0.5, 0.6) is 0 Å². The van der Waals surface area contributed by atoms with Crippen molar-refractivity contribution >= 4 is 12.4 Å². The zero-order valence-corrected chi connectivity index (χ0v) is 16.7. The molecule has 0 atom stereocenters. The van der Waals surface area contributed by atoms with Crippen molar-refractivity contribution in [1.29, 1.82) is 0 Å². The molecule has 1 heterocycles. The summed E-state index contributed by atoms with van der Waals surface area (Å²) in [5.41, 5.74) is 6.92. The standard InChI is InChI=1S/C21H21F3N2O3.ClH/c22-21(23,24)17-7-5-16(6-8-17)19-26-18(11-29-19)15-3-1-14(2-4-15)9-10-20(25,12-27)13-28;/h1-8,11,27-28H,9-10,12-13,25H2;1H. The van der Waals surface area contributed by atoms with Gasteiger partial charge < -0.3 is 20.4 Å². The van der Waals surface area contributed by atoms with E-state index in [-0.39, 0.29) is 31.5 Å². The summed E-state index contributed by atoms with van der Waals surface area (Å²) in [6.07, 6.45) is -1.92. The van der Waals surface area contributed by atoms with Crippen LogP contribution >= 0.6 is 12.4 Å². The summed E-state index contributed by atoms with van der Waals surface area (Å²) >= 11 is 0. The second kappa shape index (κ2) is 9.61. The van der Waals surface area contributed by atoms with Gasteiger partial charge in [-0.2, -0.15) is 13.2 Å². The summed E-state index contributed by atoms with van der Waals surface area (Å²) in [6.45, 7) is -0.597. The van der Waals surface area contributed by atoms with E-state index < -0.39 is 17.3 Å². The number of hydrogen-bond donors (Lipinski definition) is 3. The average molecular weight is 443 g/mol. The predicted molar refractivity (Wildman–Crippen MR) is 109 cm³/mol. The Kier molecular flexibility index (Phi) is 7.65. The summed E-state index contributed by atoms with van der Waals surface area (Å²) < 4.78 is 43.4. The van der Waals surface area contributed by atoms with Crippen LogP contribution in [0.2, 0.25) is 0 Å². The molecule has 162 valence electrons. The monoisotopic (exact) mass is 442 g/mol. The smallest absolute Gasteiger partial charge is 0.416 e. The molecule has 0 amide bonds. The van der Waals surface area contributed by atoms with E-state index >= 15 is 0 Å². The van der Waals surface area contributed by atoms with E-state index in [9.17, 15) is 23.4 Å². The second-order valence-electron chi connectivity index (χ2n) is 6.99. The van der Waals surface area contributed by atoms with Gasteiger partial charge in [0.05, 0.1) is 24.3 Å². The number of halogens is 4. The van der Waals surface area contributed by atoms with Gasteiger partial charge in [-0.3, -0.25) is 0 Å². The highest BCUT2D eigenvalue weighted by Crippen LogP contribution is 2.31. The van der Waals surface area contributed by atoms with Crippen LogP contribution < -0.4 is 5.73 Å². The third-order valence-corrected chi connectivity index (χ3v) is 4.75. The van der Waals surface area contributed by atoms with E-state index in [0.29, 0.717) is 24.1 Å². The number of benzene rings is 2. The van der Waals surface area contributed by atoms with Gasteiger partial charge in [0.2, 0.25) is 5.89 Å². The molecule has 0 radical (unpaired) electrons. The number of alkyl halides is 3. The molecule has 3 aromatic rings. The Morgan fingerprint density at radius 3 is 2.00 bits per heavy atom. The molecule has 0 saturated carbocycles. The molecule has 0 fully saturated rings. The third-order valence-electron chi connectivity index (χ3n) is 4.75. The molecule has 0 saturated heterocycles. The van der Waals surface area contributed by atoms with Gasteiger partial charge in [0.25, 0.3) is 0 Å². The van der Waals surface area contributed by atoms with Crippen LogP contribution in [0.4, 0.5) is 13.2 Å². The summed E-state index contributed by atoms with van der Waals surface area (Å²) in [7, 11) is 0. The van der Waals surface area contributed by atoms with E-state index in [0.717, 1.165) is 23.3 Å². The summed E-state index contributed by atoms with van der Waals surface area (Å²) in [6, 6.07) is 12.1. The summed E-state index contributed by atoms with van der Waals surface area (Å²) in [4.78, 5) is 4.35. The molecule has 0 bridgehead atoms. The molecule has 0 spiro atoms. The topological polar surface area (TPSA) is 92.5 Å². The predicted octanol–water partition coefficient (Wildman–Crippen LogP) is 4.06. The molecule has 0 aliphatic heterocycles. The minimum Gasteiger partial charge on any atom is -0.444 e. The van der Waals surface area contributed by atoms with Crippen molar-refractivity contribution in [3.63, 3.8) is 0 Å². The van der Waals surface area contributed by atoms with Gasteiger partial charge in [0.1, 0.15) is 12.0 Å². The first-order chi connectivity index (χ1) is 13.7. The Hall–Kier alpha value is -2.39. The van der Waals surface area contributed by atoms with Crippen LogP contribution in [0.15, 0.2) is 59.2 Å². The van der Waals surface area contributed by atoms with Crippen LogP contribution in [0.1, 0.15) is 17.5 Å². The normalized spacial score (nSPS) is 11.9. The minimum absolute atomic E-state index is 0. The van der Waals surface area contributed by atoms with Crippen LogP contribution in [-0.4, -0.2) is 33.9 Å². The van der Waals surface area contributed by atoms with E-state index in [1.54, 1.807) is 0 Å². The quantitative estimate of drug-likeness (QED) is 0.513. The van der Waals surface area contributed by atoms with Crippen molar-refractivity contribution in [3.05, 3.63) is 65.9 Å². The van der Waals surface area contributed by atoms with Crippen molar-refractivity contribution in [2.45, 2.75) is 24.6 Å². The maximum absolute atomic E-state index is 12.7. The molecule has 4 N–H and O–H groups in total. The molecule has 0 aliphatic carbocycles. The van der Waals surface area contributed by atoms with Gasteiger partial charge in [0.15, 0.2) is 0 Å². The van der Waals surface area contributed by atoms with E-state index in [1.165, 1.54) is 18.4 Å². The van der Waals surface area contributed by atoms with Gasteiger partial charge >= 0.3 is 6.18 Å². The largest absolute Gasteiger partial charge is 0.444 e. The number of nitrogens with two attached hydrogens (primary N) is 1. The number of rotatable bonds is 7. The van der Waals surface area contributed by atoms with Crippen LogP contribution in [-0.2, 0) is 12.6 Å². The molecule has 30 heavy (non-hydrogen) atoms. The Morgan fingerprint density at radius 2 is 1.47 bits per heavy atom. The number of aliphatic hydroxyl groups is 2. The second-order valence-corrected chi connectivity index (χ2v) is 6.99. The highest BCUT2D eigenvalue weighted by atomic mass is 35.5. The molecular weight excluding hydrogens is 421 g/mol. The summed E-state index contributed by atoms with van der Waals surface area (Å²) in [5, 5.41) is 18.5. The van der Waals surface area contributed by atoms with Gasteiger partial charge in [-0.15, -0.1) is 12.4 Å². The Labute approximate surface area is 177 Å². The molecule has 5 nitrogen and oxygen atoms in total. The van der Waals surface area contributed by atoms with Gasteiger partial charge in [-0.05, 0) is 42.7 Å². The van der Waals surface area contributed by atoms with Crippen molar-refractivity contribution in [2.24, 2.45) is 5.73 Å². The maximum atomic E-state index is 12.7. The minimum atomic E-state index is -4.39. The van der Waals surface area contributed by atoms with E-state index in [4.69, 9.17) is 10.2 Å². The zero-order valence-electron chi connectivity index (χ0n) is 15.9. The number of nitrogens with zero attached hydrogens (tertiary/aromatic N) is 1. The first-order valence-electron chi connectivity index (χ1n) is 8.97. The number of aliphatic hydroxyl groups excluding tert-OH is 2. The molecular formula is C21H22ClF3N2O3. The van der Waals surface area contributed by atoms with E-state index in [1.807, 2.05) is 24.3 Å². The Bertz CT molecular complexity index is 937. The van der Waals surface area contributed by atoms with Crippen molar-refractivity contribution in [3.8, 4) is 22.7 Å². The van der Waals surface area contributed by atoms with Gasteiger partial charge in [-0.1, -0.05) is 24.3 Å². The molecule has 0 aliphatic rings. The first kappa shape index (κ1) is 23.9.